The molecule has 0 bridgehead atoms. The van der Waals surface area contributed by atoms with Gasteiger partial charge in [0.2, 0.25) is 0 Å². The number of aliphatic hydroxyl groups is 1. The summed E-state index contributed by atoms with van der Waals surface area (Å²) in [7, 11) is 0. The third-order valence-electron chi connectivity index (χ3n) is 3.83. The average Bonchev–Trinajstić information content (AvgIpc) is 2.87. The van der Waals surface area contributed by atoms with Crippen LogP contribution in [0.5, 0.6) is 0 Å². The number of carbonyl (C=O) groups excluding carboxylic acids is 1. The second kappa shape index (κ2) is 6.50. The predicted octanol–water partition coefficient (Wildman–Crippen LogP) is 2.76. The van der Waals surface area contributed by atoms with Crippen LogP contribution >= 0.6 is 11.6 Å². The Balaban J connectivity index is 2.00. The van der Waals surface area contributed by atoms with Crippen molar-refractivity contribution in [2.45, 2.75) is 19.3 Å². The Kier molecular flexibility index (Phi) is 4.94. The molecule has 1 aromatic rings. The Bertz CT molecular complexity index is 510. The minimum absolute atomic E-state index is 0.0878. The van der Waals surface area contributed by atoms with Crippen molar-refractivity contribution in [2.24, 2.45) is 11.8 Å². The van der Waals surface area contributed by atoms with E-state index in [1.165, 1.54) is 0 Å². The van der Waals surface area contributed by atoms with Gasteiger partial charge < -0.3 is 10.4 Å². The van der Waals surface area contributed by atoms with Crippen LogP contribution in [0.4, 0.5) is 8.78 Å². The van der Waals surface area contributed by atoms with Crippen molar-refractivity contribution >= 4 is 17.5 Å². The Morgan fingerprint density at radius 2 is 2.00 bits per heavy atom. The van der Waals surface area contributed by atoms with E-state index in [0.717, 1.165) is 31.4 Å². The summed E-state index contributed by atoms with van der Waals surface area (Å²) in [5, 5.41) is 11.4. The Morgan fingerprint density at radius 3 is 2.70 bits per heavy atom. The van der Waals surface area contributed by atoms with Gasteiger partial charge in [0, 0.05) is 13.2 Å². The molecule has 0 heterocycles. The molecule has 1 amide bonds. The van der Waals surface area contributed by atoms with Crippen molar-refractivity contribution in [1.29, 1.82) is 0 Å². The first-order valence-corrected chi connectivity index (χ1v) is 6.94. The molecule has 1 aliphatic carbocycles. The number of hydrogen-bond acceptors (Lipinski definition) is 2. The second-order valence-electron chi connectivity index (χ2n) is 5.09. The van der Waals surface area contributed by atoms with E-state index in [1.807, 2.05) is 0 Å². The average molecular weight is 304 g/mol. The van der Waals surface area contributed by atoms with Gasteiger partial charge in [0.25, 0.3) is 5.91 Å². The fraction of sp³-hybridized carbons (Fsp3) is 0.500. The molecule has 0 radical (unpaired) electrons. The zero-order valence-electron chi connectivity index (χ0n) is 10.8. The van der Waals surface area contributed by atoms with Gasteiger partial charge in [-0.1, -0.05) is 18.0 Å². The number of nitrogens with one attached hydrogen (secondary N) is 1. The summed E-state index contributed by atoms with van der Waals surface area (Å²) in [6.07, 6.45) is 2.86. The van der Waals surface area contributed by atoms with Crippen LogP contribution in [-0.2, 0) is 0 Å². The van der Waals surface area contributed by atoms with E-state index in [1.54, 1.807) is 0 Å². The van der Waals surface area contributed by atoms with E-state index < -0.39 is 17.5 Å². The molecule has 0 spiro atoms. The molecule has 2 atom stereocenters. The second-order valence-corrected chi connectivity index (χ2v) is 5.50. The van der Waals surface area contributed by atoms with Gasteiger partial charge in [-0.3, -0.25) is 4.79 Å². The van der Waals surface area contributed by atoms with E-state index in [0.29, 0.717) is 6.54 Å². The topological polar surface area (TPSA) is 49.3 Å². The van der Waals surface area contributed by atoms with Crippen molar-refractivity contribution in [1.82, 2.24) is 5.32 Å². The Labute approximate surface area is 120 Å². The summed E-state index contributed by atoms with van der Waals surface area (Å²) in [5.74, 6) is -1.99. The lowest BCUT2D eigenvalue weighted by molar-refractivity contribution is 0.0933. The molecule has 20 heavy (non-hydrogen) atoms. The van der Waals surface area contributed by atoms with Gasteiger partial charge in [0.1, 0.15) is 11.6 Å². The smallest absolute Gasteiger partial charge is 0.254 e. The number of carbonyl (C=O) groups is 1. The molecule has 1 aliphatic rings. The maximum atomic E-state index is 13.6. The first-order chi connectivity index (χ1) is 9.52. The number of amides is 1. The van der Waals surface area contributed by atoms with Gasteiger partial charge in [-0.25, -0.2) is 8.78 Å². The largest absolute Gasteiger partial charge is 0.396 e. The molecular weight excluding hydrogens is 288 g/mol. The summed E-state index contributed by atoms with van der Waals surface area (Å²) in [4.78, 5) is 11.9. The van der Waals surface area contributed by atoms with Crippen molar-refractivity contribution < 1.29 is 18.7 Å². The van der Waals surface area contributed by atoms with Crippen LogP contribution in [0.3, 0.4) is 0 Å². The molecule has 6 heteroatoms. The van der Waals surface area contributed by atoms with E-state index >= 15 is 0 Å². The van der Waals surface area contributed by atoms with Gasteiger partial charge in [-0.2, -0.15) is 0 Å². The van der Waals surface area contributed by atoms with Crippen LogP contribution in [0.2, 0.25) is 5.02 Å². The third-order valence-corrected chi connectivity index (χ3v) is 4.12. The summed E-state index contributed by atoms with van der Waals surface area (Å²) in [6, 6.07) is 1.59. The van der Waals surface area contributed by atoms with E-state index in [2.05, 4.69) is 5.32 Å². The fourth-order valence-corrected chi connectivity index (χ4v) is 2.79. The van der Waals surface area contributed by atoms with Gasteiger partial charge in [0.05, 0.1) is 10.6 Å². The molecular formula is C14H16ClF2NO2. The maximum Gasteiger partial charge on any atom is 0.254 e. The SMILES string of the molecule is O=C(NCC1CCCC1CO)c1cc(F)c(Cl)cc1F. The van der Waals surface area contributed by atoms with E-state index in [4.69, 9.17) is 11.6 Å². The van der Waals surface area contributed by atoms with E-state index in [-0.39, 0.29) is 29.0 Å². The molecule has 1 saturated carbocycles. The first-order valence-electron chi connectivity index (χ1n) is 6.56. The van der Waals surface area contributed by atoms with Crippen molar-refractivity contribution in [3.8, 4) is 0 Å². The summed E-state index contributed by atoms with van der Waals surface area (Å²) in [5.41, 5.74) is -0.356. The number of aliphatic hydroxyl groups excluding tert-OH is 1. The summed E-state index contributed by atoms with van der Waals surface area (Å²) < 4.78 is 26.8. The molecule has 1 aromatic carbocycles. The molecule has 2 rings (SSSR count). The number of rotatable bonds is 4. The highest BCUT2D eigenvalue weighted by Gasteiger charge is 2.27. The molecule has 1 fully saturated rings. The van der Waals surface area contributed by atoms with Crippen LogP contribution in [0, 0.1) is 23.5 Å². The summed E-state index contributed by atoms with van der Waals surface area (Å²) in [6.45, 7) is 0.443. The van der Waals surface area contributed by atoms with Crippen LogP contribution in [0.1, 0.15) is 29.6 Å². The Morgan fingerprint density at radius 1 is 1.30 bits per heavy atom. The van der Waals surface area contributed by atoms with E-state index in [9.17, 15) is 18.7 Å². The quantitative estimate of drug-likeness (QED) is 0.840. The monoisotopic (exact) mass is 303 g/mol. The standard InChI is InChI=1S/C14H16ClF2NO2/c15-11-5-12(16)10(4-13(11)17)14(20)18-6-8-2-1-3-9(8)7-19/h4-5,8-9,19H,1-3,6-7H2,(H,18,20). The molecule has 3 nitrogen and oxygen atoms in total. The minimum atomic E-state index is -0.848. The fourth-order valence-electron chi connectivity index (χ4n) is 2.64. The number of benzene rings is 1. The van der Waals surface area contributed by atoms with Crippen LogP contribution in [0.15, 0.2) is 12.1 Å². The highest BCUT2D eigenvalue weighted by Crippen LogP contribution is 2.30. The predicted molar refractivity (Wildman–Crippen MR) is 71.6 cm³/mol. The lowest BCUT2D eigenvalue weighted by atomic mass is 9.97. The molecule has 0 saturated heterocycles. The molecule has 0 aliphatic heterocycles. The normalized spacial score (nSPS) is 22.0. The van der Waals surface area contributed by atoms with Crippen LogP contribution < -0.4 is 5.32 Å². The molecule has 2 unspecified atom stereocenters. The van der Waals surface area contributed by atoms with Crippen molar-refractivity contribution in [3.05, 3.63) is 34.4 Å². The highest BCUT2D eigenvalue weighted by atomic mass is 35.5. The number of halogens is 3. The van der Waals surface area contributed by atoms with Crippen LogP contribution in [0.25, 0.3) is 0 Å². The minimum Gasteiger partial charge on any atom is -0.396 e. The lowest BCUT2D eigenvalue weighted by Crippen LogP contribution is -2.32. The number of hydrogen-bond donors (Lipinski definition) is 2. The first kappa shape index (κ1) is 15.2. The molecule has 110 valence electrons. The van der Waals surface area contributed by atoms with Crippen LogP contribution in [-0.4, -0.2) is 24.2 Å². The molecule has 2 N–H and O–H groups in total. The van der Waals surface area contributed by atoms with Gasteiger partial charge in [0.15, 0.2) is 0 Å². The lowest BCUT2D eigenvalue weighted by Gasteiger charge is -2.17. The van der Waals surface area contributed by atoms with Crippen molar-refractivity contribution in [2.75, 3.05) is 13.2 Å². The maximum absolute atomic E-state index is 13.6. The van der Waals surface area contributed by atoms with Gasteiger partial charge in [-0.15, -0.1) is 0 Å². The van der Waals surface area contributed by atoms with Crippen molar-refractivity contribution in [3.63, 3.8) is 0 Å². The van der Waals surface area contributed by atoms with Gasteiger partial charge >= 0.3 is 0 Å². The summed E-state index contributed by atoms with van der Waals surface area (Å²) >= 11 is 5.43. The molecule has 0 aromatic heterocycles. The zero-order valence-corrected chi connectivity index (χ0v) is 11.6. The zero-order chi connectivity index (χ0) is 14.7. The highest BCUT2D eigenvalue weighted by molar-refractivity contribution is 6.30. The third kappa shape index (κ3) is 3.27. The Hall–Kier alpha value is -1.20. The van der Waals surface area contributed by atoms with Gasteiger partial charge in [-0.05, 0) is 36.8 Å².